The Bertz CT molecular complexity index is 462. The van der Waals surface area contributed by atoms with E-state index < -0.39 is 11.2 Å². The number of nitrogens with one attached hydrogen (secondary N) is 1. The molecule has 0 aliphatic carbocycles. The van der Waals surface area contributed by atoms with Gasteiger partial charge in [0.15, 0.2) is 5.82 Å². The molecule has 1 N–H and O–H groups in total. The summed E-state index contributed by atoms with van der Waals surface area (Å²) in [5.41, 5.74) is 0.160. The molecule has 0 saturated heterocycles. The summed E-state index contributed by atoms with van der Waals surface area (Å²) in [7, 11) is 0. The second-order valence-corrected chi connectivity index (χ2v) is 4.57. The van der Waals surface area contributed by atoms with Gasteiger partial charge in [-0.25, -0.2) is 4.39 Å². The van der Waals surface area contributed by atoms with E-state index in [-0.39, 0.29) is 20.9 Å². The summed E-state index contributed by atoms with van der Waals surface area (Å²) in [4.78, 5) is 3.31. The number of nitrogens with zero attached hydrogens (tertiary/aromatic N) is 1. The molecule has 1 aromatic rings. The fraction of sp³-hybridized carbons (Fsp3) is 0.125. The van der Waals surface area contributed by atoms with Gasteiger partial charge < -0.3 is 5.32 Å². The number of aliphatic imine (C=N–C) groups is 1. The van der Waals surface area contributed by atoms with Gasteiger partial charge >= 0.3 is 5.38 Å². The predicted molar refractivity (Wildman–Crippen MR) is 59.8 cm³/mol. The zero-order valence-electron chi connectivity index (χ0n) is 6.99. The van der Waals surface area contributed by atoms with E-state index in [0.717, 1.165) is 0 Å². The topological polar surface area (TPSA) is 24.4 Å². The summed E-state index contributed by atoms with van der Waals surface area (Å²) >= 11 is 13.9. The maximum Gasteiger partial charge on any atom is 0.357 e. The van der Waals surface area contributed by atoms with Gasteiger partial charge in [-0.3, -0.25) is 0 Å². The molecule has 1 aliphatic heterocycles. The number of benzene rings is 1. The summed E-state index contributed by atoms with van der Waals surface area (Å²) in [6.45, 7) is 0. The van der Waals surface area contributed by atoms with Gasteiger partial charge in [-0.2, -0.15) is 9.38 Å². The van der Waals surface area contributed by atoms with Crippen LogP contribution in [0.1, 0.15) is 5.56 Å². The van der Waals surface area contributed by atoms with Gasteiger partial charge in [-0.15, -0.1) is 0 Å². The lowest BCUT2D eigenvalue weighted by molar-refractivity contribution is 0.329. The maximum atomic E-state index is 13.6. The lowest BCUT2D eigenvalue weighted by atomic mass is 10.1. The second-order valence-electron chi connectivity index (χ2n) is 2.85. The average Bonchev–Trinajstić information content (AvgIpc) is 2.10. The molecule has 0 aromatic heterocycles. The van der Waals surface area contributed by atoms with Crippen LogP contribution in [0.4, 0.5) is 14.5 Å². The third-order valence-electron chi connectivity index (χ3n) is 1.83. The smallest absolute Gasteiger partial charge is 0.318 e. The minimum Gasteiger partial charge on any atom is -0.318 e. The van der Waals surface area contributed by atoms with E-state index >= 15 is 0 Å². The van der Waals surface area contributed by atoms with E-state index in [1.807, 2.05) is 0 Å². The van der Waals surface area contributed by atoms with Gasteiger partial charge in [-0.05, 0) is 39.7 Å². The van der Waals surface area contributed by atoms with E-state index in [9.17, 15) is 8.78 Å². The van der Waals surface area contributed by atoms with E-state index in [0.29, 0.717) is 0 Å². The van der Waals surface area contributed by atoms with Crippen LogP contribution >= 0.6 is 39.1 Å². The summed E-state index contributed by atoms with van der Waals surface area (Å²) in [5, 5.41) is -0.681. The monoisotopic (exact) mass is 314 g/mol. The van der Waals surface area contributed by atoms with Crippen molar-refractivity contribution in [1.82, 2.24) is 0 Å². The van der Waals surface area contributed by atoms with Gasteiger partial charge in [0.2, 0.25) is 0 Å². The third-order valence-corrected chi connectivity index (χ3v) is 2.91. The second kappa shape index (κ2) is 3.57. The van der Waals surface area contributed by atoms with Crippen LogP contribution in [0.3, 0.4) is 0 Å². The quantitative estimate of drug-likeness (QED) is 0.571. The molecule has 0 fully saturated rings. The van der Waals surface area contributed by atoms with Crippen molar-refractivity contribution in [3.8, 4) is 0 Å². The lowest BCUT2D eigenvalue weighted by Crippen LogP contribution is -2.30. The maximum absolute atomic E-state index is 13.6. The van der Waals surface area contributed by atoms with Crippen LogP contribution in [0.15, 0.2) is 21.6 Å². The number of anilines is 1. The van der Waals surface area contributed by atoms with Crippen LogP contribution in [0.5, 0.6) is 0 Å². The molecule has 1 unspecified atom stereocenters. The van der Waals surface area contributed by atoms with Crippen LogP contribution in [-0.2, 0) is 0 Å². The van der Waals surface area contributed by atoms with Gasteiger partial charge in [0, 0.05) is 5.56 Å². The fourth-order valence-electron chi connectivity index (χ4n) is 1.21. The van der Waals surface area contributed by atoms with Crippen LogP contribution < -0.4 is 5.32 Å². The van der Waals surface area contributed by atoms with Crippen LogP contribution in [0.2, 0.25) is 0 Å². The summed E-state index contributed by atoms with van der Waals surface area (Å²) in [6.07, 6.45) is 0. The van der Waals surface area contributed by atoms with E-state index in [4.69, 9.17) is 23.2 Å². The molecule has 1 atom stereocenters. The van der Waals surface area contributed by atoms with Crippen molar-refractivity contribution in [3.63, 3.8) is 0 Å². The van der Waals surface area contributed by atoms with Gasteiger partial charge in [0.25, 0.3) is 0 Å². The number of hydrogen-bond acceptors (Lipinski definition) is 2. The van der Waals surface area contributed by atoms with Crippen LogP contribution in [0, 0.1) is 5.82 Å². The van der Waals surface area contributed by atoms with Crippen molar-refractivity contribution < 1.29 is 8.78 Å². The molecule has 80 valence electrons. The number of rotatable bonds is 0. The molecular formula is C8H3BrCl2F2N2. The molecular weight excluding hydrogens is 313 g/mol. The first-order chi connectivity index (χ1) is 6.91. The molecule has 7 heteroatoms. The van der Waals surface area contributed by atoms with Crippen LogP contribution in [0.25, 0.3) is 0 Å². The van der Waals surface area contributed by atoms with Crippen molar-refractivity contribution in [2.45, 2.75) is 5.38 Å². The Morgan fingerprint density at radius 3 is 2.80 bits per heavy atom. The van der Waals surface area contributed by atoms with E-state index in [1.54, 1.807) is 0 Å². The number of alkyl halides is 2. The Hall–Kier alpha value is -0.390. The zero-order valence-corrected chi connectivity index (χ0v) is 10.1. The standard InChI is InChI=1S/C8H3BrCl2F2N2/c9-4-2-1-3-6(5(4)12)14-8(11,13)15-7(3)10/h1-2,14H. The fourth-order valence-corrected chi connectivity index (χ4v) is 2.03. The van der Waals surface area contributed by atoms with Gasteiger partial charge in [-0.1, -0.05) is 11.6 Å². The first-order valence-electron chi connectivity index (χ1n) is 3.80. The first kappa shape index (κ1) is 11.1. The van der Waals surface area contributed by atoms with Crippen molar-refractivity contribution in [1.29, 1.82) is 0 Å². The van der Waals surface area contributed by atoms with Gasteiger partial charge in [0.1, 0.15) is 5.17 Å². The highest BCUT2D eigenvalue weighted by molar-refractivity contribution is 9.10. The Kier molecular flexibility index (Phi) is 2.65. The molecule has 1 heterocycles. The average molecular weight is 316 g/mol. The molecule has 0 radical (unpaired) electrons. The van der Waals surface area contributed by atoms with E-state index in [1.165, 1.54) is 12.1 Å². The molecule has 0 bridgehead atoms. The third kappa shape index (κ3) is 1.96. The van der Waals surface area contributed by atoms with Crippen molar-refractivity contribution in [2.24, 2.45) is 4.99 Å². The molecule has 0 amide bonds. The highest BCUT2D eigenvalue weighted by Gasteiger charge is 2.33. The molecule has 2 nitrogen and oxygen atoms in total. The molecule has 1 aliphatic rings. The highest BCUT2D eigenvalue weighted by Crippen LogP contribution is 2.36. The minimum absolute atomic E-state index is 0.109. The van der Waals surface area contributed by atoms with Crippen molar-refractivity contribution in [3.05, 3.63) is 28.0 Å². The molecule has 2 rings (SSSR count). The van der Waals surface area contributed by atoms with Crippen LogP contribution in [-0.4, -0.2) is 10.5 Å². The summed E-state index contributed by atoms with van der Waals surface area (Å²) in [5.74, 6) is -0.664. The molecule has 1 aromatic carbocycles. The molecule has 15 heavy (non-hydrogen) atoms. The largest absolute Gasteiger partial charge is 0.357 e. The first-order valence-corrected chi connectivity index (χ1v) is 5.35. The number of fused-ring (bicyclic) bond motifs is 1. The highest BCUT2D eigenvalue weighted by atomic mass is 79.9. The number of halogens is 5. The Morgan fingerprint density at radius 1 is 1.47 bits per heavy atom. The SMILES string of the molecule is Fc1c(Br)ccc2c1NC(F)(Cl)N=C2Cl. The zero-order chi connectivity index (χ0) is 11.2. The summed E-state index contributed by atoms with van der Waals surface area (Å²) < 4.78 is 27.1. The van der Waals surface area contributed by atoms with E-state index in [2.05, 4.69) is 26.2 Å². The Labute approximate surface area is 102 Å². The predicted octanol–water partition coefficient (Wildman–Crippen LogP) is 3.82. The Morgan fingerprint density at radius 2 is 2.13 bits per heavy atom. The minimum atomic E-state index is -2.61. The lowest BCUT2D eigenvalue weighted by Gasteiger charge is -2.24. The normalized spacial score (nSPS) is 24.2. The van der Waals surface area contributed by atoms with Gasteiger partial charge in [0.05, 0.1) is 10.2 Å². The molecule has 0 spiro atoms. The molecule has 0 saturated carbocycles. The summed E-state index contributed by atoms with van der Waals surface area (Å²) in [6, 6.07) is 2.96. The Balaban J connectivity index is 2.65. The van der Waals surface area contributed by atoms with Crippen molar-refractivity contribution in [2.75, 3.05) is 5.32 Å². The van der Waals surface area contributed by atoms with Crippen molar-refractivity contribution >= 4 is 50.0 Å². The number of hydrogen-bond donors (Lipinski definition) is 1.